The van der Waals surface area contributed by atoms with Crippen LogP contribution in [0.5, 0.6) is 0 Å². The van der Waals surface area contributed by atoms with Crippen LogP contribution in [0, 0.1) is 5.92 Å². The molecule has 2 heterocycles. The molecular weight excluding hydrogens is 234 g/mol. The van der Waals surface area contributed by atoms with Crippen LogP contribution in [0.25, 0.3) is 0 Å². The largest absolute Gasteiger partial charge is 0.379 e. The van der Waals surface area contributed by atoms with Crippen molar-refractivity contribution in [3.8, 4) is 0 Å². The highest BCUT2D eigenvalue weighted by Crippen LogP contribution is 2.15. The average molecular weight is 255 g/mol. The van der Waals surface area contributed by atoms with Crippen molar-refractivity contribution in [2.75, 3.05) is 26.3 Å². The topological polar surface area (TPSA) is 84.7 Å². The Balaban J connectivity index is 1.77. The molecule has 2 fully saturated rings. The molecule has 2 saturated heterocycles. The van der Waals surface area contributed by atoms with Gasteiger partial charge in [0.05, 0.1) is 19.1 Å². The number of hydrogen-bond acceptors (Lipinski definition) is 4. The summed E-state index contributed by atoms with van der Waals surface area (Å²) >= 11 is 0. The molecule has 3 N–H and O–H groups in total. The molecule has 0 aromatic rings. The smallest absolute Gasteiger partial charge is 0.227 e. The molecule has 18 heavy (non-hydrogen) atoms. The van der Waals surface area contributed by atoms with E-state index in [-0.39, 0.29) is 29.8 Å². The molecule has 102 valence electrons. The highest BCUT2D eigenvalue weighted by Gasteiger charge is 2.33. The van der Waals surface area contributed by atoms with Gasteiger partial charge in [0.2, 0.25) is 11.8 Å². The molecule has 0 saturated carbocycles. The van der Waals surface area contributed by atoms with Gasteiger partial charge in [0.1, 0.15) is 0 Å². The Morgan fingerprint density at radius 2 is 1.94 bits per heavy atom. The van der Waals surface area contributed by atoms with E-state index >= 15 is 0 Å². The van der Waals surface area contributed by atoms with E-state index in [0.717, 1.165) is 12.8 Å². The number of hydrogen-bond donors (Lipinski definition) is 2. The first-order chi connectivity index (χ1) is 8.58. The second-order valence-corrected chi connectivity index (χ2v) is 5.10. The van der Waals surface area contributed by atoms with Crippen LogP contribution in [0.2, 0.25) is 0 Å². The molecule has 2 rings (SSSR count). The van der Waals surface area contributed by atoms with E-state index in [1.807, 2.05) is 4.90 Å². The molecule has 6 heteroatoms. The zero-order valence-electron chi connectivity index (χ0n) is 10.7. The summed E-state index contributed by atoms with van der Waals surface area (Å²) in [7, 11) is 0. The van der Waals surface area contributed by atoms with Crippen molar-refractivity contribution in [3.63, 3.8) is 0 Å². The van der Waals surface area contributed by atoms with Gasteiger partial charge in [0.25, 0.3) is 0 Å². The quantitative estimate of drug-likeness (QED) is 0.669. The van der Waals surface area contributed by atoms with Gasteiger partial charge in [-0.3, -0.25) is 9.59 Å². The minimum absolute atomic E-state index is 0.0127. The first kappa shape index (κ1) is 13.3. The maximum absolute atomic E-state index is 12.0. The Morgan fingerprint density at radius 3 is 2.44 bits per heavy atom. The fourth-order valence-electron chi connectivity index (χ4n) is 2.49. The van der Waals surface area contributed by atoms with E-state index in [0.29, 0.717) is 26.3 Å². The molecule has 0 radical (unpaired) electrons. The monoisotopic (exact) mass is 255 g/mol. The molecule has 0 aliphatic carbocycles. The van der Waals surface area contributed by atoms with E-state index in [2.05, 4.69) is 5.32 Å². The van der Waals surface area contributed by atoms with Crippen LogP contribution in [0.1, 0.15) is 19.8 Å². The van der Waals surface area contributed by atoms with E-state index < -0.39 is 0 Å². The zero-order chi connectivity index (χ0) is 13.1. The third kappa shape index (κ3) is 3.00. The van der Waals surface area contributed by atoms with Gasteiger partial charge in [0.15, 0.2) is 0 Å². The van der Waals surface area contributed by atoms with Gasteiger partial charge < -0.3 is 20.7 Å². The molecule has 0 spiro atoms. The summed E-state index contributed by atoms with van der Waals surface area (Å²) in [4.78, 5) is 25.0. The summed E-state index contributed by atoms with van der Waals surface area (Å²) < 4.78 is 5.19. The Morgan fingerprint density at radius 1 is 1.28 bits per heavy atom. The summed E-state index contributed by atoms with van der Waals surface area (Å²) in [5, 5.41) is 3.01. The highest BCUT2D eigenvalue weighted by molar-refractivity contribution is 5.80. The van der Waals surface area contributed by atoms with Crippen LogP contribution in [0.4, 0.5) is 0 Å². The number of carbonyl (C=O) groups excluding carboxylic acids is 2. The molecule has 2 aliphatic rings. The van der Waals surface area contributed by atoms with Crippen LogP contribution in [0.3, 0.4) is 0 Å². The lowest BCUT2D eigenvalue weighted by atomic mass is 10.0. The average Bonchev–Trinajstić information content (AvgIpc) is 2.76. The molecule has 6 nitrogen and oxygen atoms in total. The van der Waals surface area contributed by atoms with Crippen molar-refractivity contribution >= 4 is 11.8 Å². The molecule has 0 bridgehead atoms. The van der Waals surface area contributed by atoms with Gasteiger partial charge in [-0.1, -0.05) is 0 Å². The number of likely N-dealkylation sites (tertiary alicyclic amines) is 1. The fourth-order valence-corrected chi connectivity index (χ4v) is 2.49. The minimum Gasteiger partial charge on any atom is -0.379 e. The maximum Gasteiger partial charge on any atom is 0.227 e. The molecule has 2 unspecified atom stereocenters. The van der Waals surface area contributed by atoms with Crippen molar-refractivity contribution in [2.24, 2.45) is 11.7 Å². The van der Waals surface area contributed by atoms with Crippen LogP contribution < -0.4 is 11.1 Å². The zero-order valence-corrected chi connectivity index (χ0v) is 10.7. The minimum atomic E-state index is -0.226. The highest BCUT2D eigenvalue weighted by atomic mass is 16.5. The molecule has 2 aliphatic heterocycles. The first-order valence-corrected chi connectivity index (χ1v) is 6.47. The van der Waals surface area contributed by atoms with E-state index in [9.17, 15) is 9.59 Å². The summed E-state index contributed by atoms with van der Waals surface area (Å²) in [5.41, 5.74) is 5.81. The molecule has 2 amide bonds. The maximum atomic E-state index is 12.0. The van der Waals surface area contributed by atoms with Crippen molar-refractivity contribution in [3.05, 3.63) is 0 Å². The van der Waals surface area contributed by atoms with Crippen molar-refractivity contribution in [1.82, 2.24) is 10.2 Å². The van der Waals surface area contributed by atoms with Crippen molar-refractivity contribution in [1.29, 1.82) is 0 Å². The third-order valence-electron chi connectivity index (χ3n) is 3.75. The number of amides is 2. The number of piperidine rings is 1. The molecule has 0 aromatic heterocycles. The van der Waals surface area contributed by atoms with Gasteiger partial charge in [-0.05, 0) is 12.8 Å². The SMILES string of the molecule is CC(=O)N1CCC(NC(=O)C2COCC2N)CC1. The second kappa shape index (κ2) is 5.67. The molecular formula is C12H21N3O3. The van der Waals surface area contributed by atoms with Crippen molar-refractivity contribution < 1.29 is 14.3 Å². The second-order valence-electron chi connectivity index (χ2n) is 5.10. The number of nitrogens with two attached hydrogens (primary N) is 1. The van der Waals surface area contributed by atoms with E-state index in [4.69, 9.17) is 10.5 Å². The Bertz CT molecular complexity index is 327. The fraction of sp³-hybridized carbons (Fsp3) is 0.833. The lowest BCUT2D eigenvalue weighted by Crippen LogP contribution is -2.49. The van der Waals surface area contributed by atoms with E-state index in [1.165, 1.54) is 0 Å². The summed E-state index contributed by atoms with van der Waals surface area (Å²) in [6.07, 6.45) is 1.63. The lowest BCUT2D eigenvalue weighted by molar-refractivity contribution is -0.130. The number of carbonyl (C=O) groups is 2. The summed E-state index contributed by atoms with van der Waals surface area (Å²) in [6, 6.07) is -0.0387. The lowest BCUT2D eigenvalue weighted by Gasteiger charge is -2.32. The molecule has 0 aromatic carbocycles. The van der Waals surface area contributed by atoms with E-state index in [1.54, 1.807) is 6.92 Å². The van der Waals surface area contributed by atoms with Gasteiger partial charge in [0, 0.05) is 32.1 Å². The van der Waals surface area contributed by atoms with Crippen LogP contribution in [0.15, 0.2) is 0 Å². The predicted octanol–water partition coefficient (Wildman–Crippen LogP) is -0.913. The van der Waals surface area contributed by atoms with Crippen LogP contribution in [-0.2, 0) is 14.3 Å². The normalized spacial score (nSPS) is 29.3. The number of ether oxygens (including phenoxy) is 1. The van der Waals surface area contributed by atoms with Crippen LogP contribution >= 0.6 is 0 Å². The van der Waals surface area contributed by atoms with Crippen molar-refractivity contribution in [2.45, 2.75) is 31.8 Å². The molecule has 2 atom stereocenters. The number of nitrogens with zero attached hydrogens (tertiary/aromatic N) is 1. The number of rotatable bonds is 2. The van der Waals surface area contributed by atoms with Gasteiger partial charge >= 0.3 is 0 Å². The number of nitrogens with one attached hydrogen (secondary N) is 1. The Hall–Kier alpha value is -1.14. The van der Waals surface area contributed by atoms with Gasteiger partial charge in [-0.25, -0.2) is 0 Å². The Labute approximate surface area is 107 Å². The van der Waals surface area contributed by atoms with Gasteiger partial charge in [-0.15, -0.1) is 0 Å². The summed E-state index contributed by atoms with van der Waals surface area (Å²) in [6.45, 7) is 3.88. The third-order valence-corrected chi connectivity index (χ3v) is 3.75. The van der Waals surface area contributed by atoms with Gasteiger partial charge in [-0.2, -0.15) is 0 Å². The van der Waals surface area contributed by atoms with Crippen LogP contribution in [-0.4, -0.2) is 55.1 Å². The predicted molar refractivity (Wildman–Crippen MR) is 65.7 cm³/mol. The standard InChI is InChI=1S/C12H21N3O3/c1-8(16)15-4-2-9(3-5-15)14-12(17)10-6-18-7-11(10)13/h9-11H,2-7,13H2,1H3,(H,14,17). The summed E-state index contributed by atoms with van der Waals surface area (Å²) in [5.74, 6) is -0.136. The first-order valence-electron chi connectivity index (χ1n) is 6.47. The Kier molecular flexibility index (Phi) is 4.19.